The molecule has 0 saturated heterocycles. The number of furan rings is 1. The molecule has 23 heavy (non-hydrogen) atoms. The van der Waals surface area contributed by atoms with Gasteiger partial charge in [0.15, 0.2) is 0 Å². The maximum atomic E-state index is 12.4. The van der Waals surface area contributed by atoms with Crippen molar-refractivity contribution < 1.29 is 17.6 Å². The Labute approximate surface area is 138 Å². The second-order valence-electron chi connectivity index (χ2n) is 5.24. The lowest BCUT2D eigenvalue weighted by Crippen LogP contribution is -2.23. The minimum absolute atomic E-state index is 0.0740. The molecule has 6 nitrogen and oxygen atoms in total. The summed E-state index contributed by atoms with van der Waals surface area (Å²) < 4.78 is 32.3. The molecule has 122 valence electrons. The van der Waals surface area contributed by atoms with E-state index in [1.165, 1.54) is 12.3 Å². The van der Waals surface area contributed by atoms with Gasteiger partial charge in [0.05, 0.1) is 23.4 Å². The molecule has 2 heterocycles. The molecular weight excluding hydrogens is 336 g/mol. The minimum Gasteiger partial charge on any atom is -0.468 e. The summed E-state index contributed by atoms with van der Waals surface area (Å²) in [7, 11) is -3.68. The number of rotatable bonds is 4. The number of hydrogen-bond donors (Lipinski definition) is 2. The smallest absolute Gasteiger partial charge is 0.241 e. The third-order valence-corrected chi connectivity index (χ3v) is 5.93. The molecule has 1 aromatic carbocycles. The molecular formula is C15H16N2O4S2. The number of hydrogen-bond acceptors (Lipinski definition) is 5. The summed E-state index contributed by atoms with van der Waals surface area (Å²) in [5.74, 6) is 0.419. The zero-order valence-corrected chi connectivity index (χ0v) is 14.0. The van der Waals surface area contributed by atoms with E-state index >= 15 is 0 Å². The number of fused-ring (bicyclic) bond motifs is 1. The van der Waals surface area contributed by atoms with E-state index < -0.39 is 10.0 Å². The van der Waals surface area contributed by atoms with Gasteiger partial charge in [0.2, 0.25) is 15.9 Å². The van der Waals surface area contributed by atoms with Gasteiger partial charge in [0.1, 0.15) is 5.76 Å². The molecule has 2 N–H and O–H groups in total. The number of carbonyl (C=O) groups is 1. The van der Waals surface area contributed by atoms with Crippen LogP contribution in [0.2, 0.25) is 0 Å². The van der Waals surface area contributed by atoms with E-state index in [1.54, 1.807) is 36.0 Å². The number of carbonyl (C=O) groups excluding carboxylic acids is 1. The van der Waals surface area contributed by atoms with Crippen LogP contribution in [-0.4, -0.2) is 19.6 Å². The maximum absolute atomic E-state index is 12.4. The lowest BCUT2D eigenvalue weighted by atomic mass is 10.3. The fraction of sp³-hybridized carbons (Fsp3) is 0.267. The van der Waals surface area contributed by atoms with E-state index in [0.717, 1.165) is 4.90 Å². The summed E-state index contributed by atoms with van der Waals surface area (Å²) in [6, 6.07) is 8.14. The van der Waals surface area contributed by atoms with Gasteiger partial charge in [-0.2, -0.15) is 0 Å². The Morgan fingerprint density at radius 2 is 2.22 bits per heavy atom. The van der Waals surface area contributed by atoms with Crippen LogP contribution in [0.4, 0.5) is 5.69 Å². The predicted molar refractivity (Wildman–Crippen MR) is 87.7 cm³/mol. The molecule has 0 fully saturated rings. The highest BCUT2D eigenvalue weighted by Crippen LogP contribution is 2.36. The third kappa shape index (κ3) is 3.77. The van der Waals surface area contributed by atoms with Crippen molar-refractivity contribution in [3.8, 4) is 0 Å². The average molecular weight is 352 g/mol. The molecule has 0 radical (unpaired) electrons. The highest BCUT2D eigenvalue weighted by molar-refractivity contribution is 8.00. The molecule has 1 amide bonds. The quantitative estimate of drug-likeness (QED) is 0.883. The number of thioether (sulfide) groups is 1. The number of sulfonamides is 1. The second kappa shape index (κ2) is 6.38. The molecule has 0 saturated carbocycles. The summed E-state index contributed by atoms with van der Waals surface area (Å²) in [5.41, 5.74) is 0.533. The van der Waals surface area contributed by atoms with E-state index in [2.05, 4.69) is 10.0 Å². The summed E-state index contributed by atoms with van der Waals surface area (Å²) >= 11 is 1.55. The second-order valence-corrected chi connectivity index (χ2v) is 8.49. The number of nitrogens with one attached hydrogen (secondary N) is 2. The largest absolute Gasteiger partial charge is 0.468 e. The van der Waals surface area contributed by atoms with Crippen molar-refractivity contribution in [3.63, 3.8) is 0 Å². The van der Waals surface area contributed by atoms with Crippen molar-refractivity contribution >= 4 is 33.4 Å². The van der Waals surface area contributed by atoms with Crippen molar-refractivity contribution in [2.75, 3.05) is 5.32 Å². The molecule has 2 aromatic rings. The van der Waals surface area contributed by atoms with Crippen molar-refractivity contribution in [1.82, 2.24) is 4.72 Å². The fourth-order valence-corrected chi connectivity index (χ4v) is 4.33. The molecule has 1 atom stereocenters. The molecule has 0 spiro atoms. The van der Waals surface area contributed by atoms with E-state index in [1.807, 2.05) is 6.92 Å². The molecule has 0 bridgehead atoms. The van der Waals surface area contributed by atoms with Crippen molar-refractivity contribution in [2.24, 2.45) is 0 Å². The van der Waals surface area contributed by atoms with Gasteiger partial charge in [-0.3, -0.25) is 4.79 Å². The number of amides is 1. The van der Waals surface area contributed by atoms with Crippen LogP contribution < -0.4 is 10.0 Å². The van der Waals surface area contributed by atoms with Gasteiger partial charge >= 0.3 is 0 Å². The van der Waals surface area contributed by atoms with Crippen molar-refractivity contribution in [2.45, 2.75) is 34.9 Å². The maximum Gasteiger partial charge on any atom is 0.241 e. The van der Waals surface area contributed by atoms with Crippen LogP contribution >= 0.6 is 11.8 Å². The van der Waals surface area contributed by atoms with Crippen molar-refractivity contribution in [3.05, 3.63) is 42.4 Å². The van der Waals surface area contributed by atoms with Crippen LogP contribution in [-0.2, 0) is 21.4 Å². The summed E-state index contributed by atoms with van der Waals surface area (Å²) in [6.07, 6.45) is 1.89. The van der Waals surface area contributed by atoms with Crippen LogP contribution in [0.25, 0.3) is 0 Å². The molecule has 1 aliphatic heterocycles. The highest BCUT2D eigenvalue weighted by atomic mass is 32.2. The fourth-order valence-electron chi connectivity index (χ4n) is 2.26. The molecule has 0 unspecified atom stereocenters. The lowest BCUT2D eigenvalue weighted by Gasteiger charge is -2.10. The van der Waals surface area contributed by atoms with Gasteiger partial charge in [-0.05, 0) is 30.3 Å². The van der Waals surface area contributed by atoms with Crippen LogP contribution in [0.15, 0.2) is 50.8 Å². The Kier molecular flexibility index (Phi) is 4.47. The normalized spacial score (nSPS) is 18.1. The van der Waals surface area contributed by atoms with E-state index in [4.69, 9.17) is 4.42 Å². The number of anilines is 1. The first-order chi connectivity index (χ1) is 10.9. The van der Waals surface area contributed by atoms with E-state index in [-0.39, 0.29) is 22.6 Å². The average Bonchev–Trinajstić information content (AvgIpc) is 2.95. The van der Waals surface area contributed by atoms with E-state index in [0.29, 0.717) is 17.9 Å². The van der Waals surface area contributed by atoms with Gasteiger partial charge in [0, 0.05) is 16.6 Å². The number of benzene rings is 1. The van der Waals surface area contributed by atoms with E-state index in [9.17, 15) is 13.2 Å². The van der Waals surface area contributed by atoms with Gasteiger partial charge in [-0.25, -0.2) is 13.1 Å². The minimum atomic E-state index is -3.68. The summed E-state index contributed by atoms with van der Waals surface area (Å²) in [6.45, 7) is 2.04. The zero-order chi connectivity index (χ0) is 16.4. The van der Waals surface area contributed by atoms with Crippen LogP contribution in [0.5, 0.6) is 0 Å². The molecule has 3 rings (SSSR count). The Bertz CT molecular complexity index is 816. The zero-order valence-electron chi connectivity index (χ0n) is 12.4. The topological polar surface area (TPSA) is 88.4 Å². The molecule has 8 heteroatoms. The van der Waals surface area contributed by atoms with Crippen molar-refractivity contribution in [1.29, 1.82) is 0 Å². The van der Waals surface area contributed by atoms with Crippen LogP contribution in [0, 0.1) is 0 Å². The highest BCUT2D eigenvalue weighted by Gasteiger charge is 2.22. The van der Waals surface area contributed by atoms with Gasteiger partial charge in [-0.15, -0.1) is 11.8 Å². The van der Waals surface area contributed by atoms with Crippen LogP contribution in [0.1, 0.15) is 19.1 Å². The molecule has 0 aliphatic carbocycles. The Morgan fingerprint density at radius 3 is 2.96 bits per heavy atom. The Hall–Kier alpha value is -1.77. The first kappa shape index (κ1) is 16.1. The first-order valence-corrected chi connectivity index (χ1v) is 9.43. The summed E-state index contributed by atoms with van der Waals surface area (Å²) in [4.78, 5) is 12.8. The SMILES string of the molecule is C[C@@H]1CC(=O)Nc2cc(S(=O)(=O)NCc3ccco3)ccc2S1. The lowest BCUT2D eigenvalue weighted by molar-refractivity contribution is -0.116. The van der Waals surface area contributed by atoms with Gasteiger partial charge in [0.25, 0.3) is 0 Å². The first-order valence-electron chi connectivity index (χ1n) is 7.06. The third-order valence-electron chi connectivity index (χ3n) is 3.35. The molecule has 1 aromatic heterocycles. The summed E-state index contributed by atoms with van der Waals surface area (Å²) in [5, 5.41) is 2.91. The van der Waals surface area contributed by atoms with Gasteiger partial charge < -0.3 is 9.73 Å². The standard InChI is InChI=1S/C15H16N2O4S2/c1-10-7-15(18)17-13-8-12(4-5-14(13)22-10)23(19,20)16-9-11-3-2-6-21-11/h2-6,8,10,16H,7,9H2,1H3,(H,17,18)/t10-/m1/s1. The predicted octanol–water partition coefficient (Wildman–Crippen LogP) is 2.58. The van der Waals surface area contributed by atoms with Crippen LogP contribution in [0.3, 0.4) is 0 Å². The van der Waals surface area contributed by atoms with Gasteiger partial charge in [-0.1, -0.05) is 6.92 Å². The Balaban J connectivity index is 1.84. The monoisotopic (exact) mass is 352 g/mol. The molecule has 1 aliphatic rings. The Morgan fingerprint density at radius 1 is 1.39 bits per heavy atom.